The Morgan fingerprint density at radius 2 is 2.06 bits per heavy atom. The van der Waals surface area contributed by atoms with Crippen molar-refractivity contribution < 1.29 is 9.90 Å². The zero-order valence-electron chi connectivity index (χ0n) is 10.1. The molecule has 2 aliphatic rings. The van der Waals surface area contributed by atoms with E-state index in [0.29, 0.717) is 11.8 Å². The molecule has 92 valence electrons. The topological polar surface area (TPSA) is 52.6 Å². The van der Waals surface area contributed by atoms with E-state index in [0.717, 1.165) is 25.9 Å². The molecule has 4 heteroatoms. The fourth-order valence-electron chi connectivity index (χ4n) is 3.40. The molecule has 0 radical (unpaired) electrons. The maximum absolute atomic E-state index is 11.2. The van der Waals surface area contributed by atoms with E-state index in [9.17, 15) is 9.90 Å². The highest BCUT2D eigenvalue weighted by molar-refractivity contribution is 5.72. The van der Waals surface area contributed by atoms with E-state index in [-0.39, 0.29) is 12.0 Å². The summed E-state index contributed by atoms with van der Waals surface area (Å²) < 4.78 is 0. The molecule has 0 amide bonds. The summed E-state index contributed by atoms with van der Waals surface area (Å²) in [6.07, 6.45) is 3.46. The van der Waals surface area contributed by atoms with Crippen molar-refractivity contribution in [2.75, 3.05) is 27.2 Å². The Kier molecular flexibility index (Phi) is 3.50. The summed E-state index contributed by atoms with van der Waals surface area (Å²) >= 11 is 0. The van der Waals surface area contributed by atoms with Gasteiger partial charge in [-0.25, -0.2) is 0 Å². The molecule has 0 saturated heterocycles. The van der Waals surface area contributed by atoms with Crippen LogP contribution in [-0.4, -0.2) is 49.2 Å². The van der Waals surface area contributed by atoms with Crippen molar-refractivity contribution >= 4 is 5.97 Å². The molecule has 4 atom stereocenters. The van der Waals surface area contributed by atoms with Crippen LogP contribution in [0.15, 0.2) is 0 Å². The third-order valence-corrected chi connectivity index (χ3v) is 4.14. The molecule has 0 aliphatic heterocycles. The molecule has 2 aliphatic carbocycles. The second-order valence-corrected chi connectivity index (χ2v) is 5.48. The maximum atomic E-state index is 11.2. The number of rotatable bonds is 5. The first kappa shape index (κ1) is 11.9. The zero-order chi connectivity index (χ0) is 11.7. The Morgan fingerprint density at radius 3 is 2.69 bits per heavy atom. The van der Waals surface area contributed by atoms with Crippen LogP contribution < -0.4 is 5.32 Å². The number of likely N-dealkylation sites (N-methyl/N-ethyl adjacent to an activating group) is 1. The Bertz CT molecular complexity index is 268. The Balaban J connectivity index is 1.89. The van der Waals surface area contributed by atoms with Crippen molar-refractivity contribution in [3.8, 4) is 0 Å². The quantitative estimate of drug-likeness (QED) is 0.722. The molecule has 2 rings (SSSR count). The van der Waals surface area contributed by atoms with E-state index < -0.39 is 5.97 Å². The predicted molar refractivity (Wildman–Crippen MR) is 62.3 cm³/mol. The number of hydrogen-bond donors (Lipinski definition) is 2. The minimum Gasteiger partial charge on any atom is -0.481 e. The van der Waals surface area contributed by atoms with Gasteiger partial charge in [0.2, 0.25) is 0 Å². The second kappa shape index (κ2) is 4.72. The minimum atomic E-state index is -0.602. The van der Waals surface area contributed by atoms with Crippen LogP contribution in [0.2, 0.25) is 0 Å². The van der Waals surface area contributed by atoms with E-state index in [2.05, 4.69) is 10.2 Å². The van der Waals surface area contributed by atoms with Crippen LogP contribution in [-0.2, 0) is 4.79 Å². The summed E-state index contributed by atoms with van der Waals surface area (Å²) in [4.78, 5) is 13.4. The maximum Gasteiger partial charge on any atom is 0.308 e. The van der Waals surface area contributed by atoms with Crippen LogP contribution in [0.4, 0.5) is 0 Å². The van der Waals surface area contributed by atoms with Gasteiger partial charge in [-0.1, -0.05) is 0 Å². The van der Waals surface area contributed by atoms with Crippen LogP contribution in [0.25, 0.3) is 0 Å². The average Bonchev–Trinajstić information content (AvgIpc) is 2.76. The number of hydrogen-bond acceptors (Lipinski definition) is 3. The molecule has 0 aromatic carbocycles. The van der Waals surface area contributed by atoms with Gasteiger partial charge in [0.1, 0.15) is 0 Å². The van der Waals surface area contributed by atoms with Gasteiger partial charge in [0.25, 0.3) is 0 Å². The number of carboxylic acid groups (broad SMARTS) is 1. The van der Waals surface area contributed by atoms with Gasteiger partial charge in [0, 0.05) is 19.1 Å². The first-order valence-electron chi connectivity index (χ1n) is 6.20. The lowest BCUT2D eigenvalue weighted by Gasteiger charge is -2.29. The minimum absolute atomic E-state index is 0.138. The fraction of sp³-hybridized carbons (Fsp3) is 0.917. The molecule has 0 heterocycles. The summed E-state index contributed by atoms with van der Waals surface area (Å²) in [6.45, 7) is 1.87. The van der Waals surface area contributed by atoms with Gasteiger partial charge in [-0.15, -0.1) is 0 Å². The third-order valence-electron chi connectivity index (χ3n) is 4.14. The number of nitrogens with zero attached hydrogens (tertiary/aromatic N) is 1. The molecule has 2 saturated carbocycles. The molecular formula is C12H22N2O2. The SMILES string of the molecule is CN(C)CCNC1C2CCC(C2)C1C(=O)O. The lowest BCUT2D eigenvalue weighted by Crippen LogP contribution is -2.46. The van der Waals surface area contributed by atoms with Crippen LogP contribution >= 0.6 is 0 Å². The van der Waals surface area contributed by atoms with Crippen LogP contribution in [0, 0.1) is 17.8 Å². The second-order valence-electron chi connectivity index (χ2n) is 5.48. The van der Waals surface area contributed by atoms with Crippen molar-refractivity contribution in [3.63, 3.8) is 0 Å². The predicted octanol–water partition coefficient (Wildman–Crippen LogP) is 0.637. The van der Waals surface area contributed by atoms with Crippen LogP contribution in [0.1, 0.15) is 19.3 Å². The molecule has 4 unspecified atom stereocenters. The van der Waals surface area contributed by atoms with Gasteiger partial charge in [-0.05, 0) is 45.2 Å². The van der Waals surface area contributed by atoms with Gasteiger partial charge in [-0.3, -0.25) is 4.79 Å². The van der Waals surface area contributed by atoms with Crippen LogP contribution in [0.5, 0.6) is 0 Å². The third kappa shape index (κ3) is 2.23. The molecule has 2 fully saturated rings. The highest BCUT2D eigenvalue weighted by Gasteiger charge is 2.50. The van der Waals surface area contributed by atoms with Gasteiger partial charge < -0.3 is 15.3 Å². The number of aliphatic carboxylic acids is 1. The molecule has 0 spiro atoms. The van der Waals surface area contributed by atoms with Gasteiger partial charge in [0.05, 0.1) is 5.92 Å². The number of carbonyl (C=O) groups is 1. The van der Waals surface area contributed by atoms with Gasteiger partial charge in [0.15, 0.2) is 0 Å². The summed E-state index contributed by atoms with van der Waals surface area (Å²) in [5, 5.41) is 12.7. The lowest BCUT2D eigenvalue weighted by atomic mass is 9.84. The van der Waals surface area contributed by atoms with Crippen molar-refractivity contribution in [2.24, 2.45) is 17.8 Å². The first-order valence-corrected chi connectivity index (χ1v) is 6.20. The number of nitrogens with one attached hydrogen (secondary N) is 1. The van der Waals surface area contributed by atoms with Crippen molar-refractivity contribution in [3.05, 3.63) is 0 Å². The Labute approximate surface area is 97.0 Å². The molecule has 0 aromatic heterocycles. The summed E-state index contributed by atoms with van der Waals surface area (Å²) in [5.41, 5.74) is 0. The van der Waals surface area contributed by atoms with E-state index >= 15 is 0 Å². The highest BCUT2D eigenvalue weighted by Crippen LogP contribution is 2.48. The molecule has 0 aromatic rings. The fourth-order valence-corrected chi connectivity index (χ4v) is 3.40. The van der Waals surface area contributed by atoms with Crippen molar-refractivity contribution in [2.45, 2.75) is 25.3 Å². The standard InChI is InChI=1S/C12H22N2O2/c1-14(2)6-5-13-11-9-4-3-8(7-9)10(11)12(15)16/h8-11,13H,3-7H2,1-2H3,(H,15,16). The molecular weight excluding hydrogens is 204 g/mol. The van der Waals surface area contributed by atoms with Gasteiger partial charge >= 0.3 is 5.97 Å². The molecule has 2 N–H and O–H groups in total. The lowest BCUT2D eigenvalue weighted by molar-refractivity contribution is -0.144. The Morgan fingerprint density at radius 1 is 1.38 bits per heavy atom. The van der Waals surface area contributed by atoms with E-state index in [1.165, 1.54) is 6.42 Å². The summed E-state index contributed by atoms with van der Waals surface area (Å²) in [6, 6.07) is 0.219. The van der Waals surface area contributed by atoms with Crippen molar-refractivity contribution in [1.82, 2.24) is 10.2 Å². The number of fused-ring (bicyclic) bond motifs is 2. The monoisotopic (exact) mass is 226 g/mol. The molecule has 2 bridgehead atoms. The molecule has 4 nitrogen and oxygen atoms in total. The van der Waals surface area contributed by atoms with Crippen molar-refractivity contribution in [1.29, 1.82) is 0 Å². The summed E-state index contributed by atoms with van der Waals surface area (Å²) in [7, 11) is 4.08. The van der Waals surface area contributed by atoms with E-state index in [1.807, 2.05) is 14.1 Å². The van der Waals surface area contributed by atoms with Gasteiger partial charge in [-0.2, -0.15) is 0 Å². The zero-order valence-corrected chi connectivity index (χ0v) is 10.1. The van der Waals surface area contributed by atoms with E-state index in [4.69, 9.17) is 0 Å². The van der Waals surface area contributed by atoms with E-state index in [1.54, 1.807) is 0 Å². The summed E-state index contributed by atoms with van der Waals surface area (Å²) in [5.74, 6) is 0.295. The first-order chi connectivity index (χ1) is 7.59. The highest BCUT2D eigenvalue weighted by atomic mass is 16.4. The largest absolute Gasteiger partial charge is 0.481 e. The normalized spacial score (nSPS) is 37.2. The average molecular weight is 226 g/mol. The number of carboxylic acids is 1. The smallest absolute Gasteiger partial charge is 0.308 e. The Hall–Kier alpha value is -0.610. The molecule has 16 heavy (non-hydrogen) atoms. The van der Waals surface area contributed by atoms with Crippen LogP contribution in [0.3, 0.4) is 0 Å².